The van der Waals surface area contributed by atoms with Gasteiger partial charge in [-0.05, 0) is 48.6 Å². The van der Waals surface area contributed by atoms with E-state index < -0.39 is 0 Å². The van der Waals surface area contributed by atoms with Crippen LogP contribution in [0.1, 0.15) is 35.1 Å². The summed E-state index contributed by atoms with van der Waals surface area (Å²) in [5.41, 5.74) is 3.77. The number of ether oxygens (including phenoxy) is 2. The Morgan fingerprint density at radius 3 is 2.81 bits per heavy atom. The lowest BCUT2D eigenvalue weighted by atomic mass is 9.91. The molecule has 27 heavy (non-hydrogen) atoms. The van der Waals surface area contributed by atoms with Gasteiger partial charge in [0.15, 0.2) is 11.5 Å². The molecule has 1 heterocycles. The summed E-state index contributed by atoms with van der Waals surface area (Å²) in [6.07, 6.45) is 3.60. The summed E-state index contributed by atoms with van der Waals surface area (Å²) in [5.74, 6) is 3.24. The summed E-state index contributed by atoms with van der Waals surface area (Å²) in [5, 5.41) is 4.62. The van der Waals surface area contributed by atoms with Crippen molar-refractivity contribution in [3.8, 4) is 22.9 Å². The first-order chi connectivity index (χ1) is 13.3. The number of rotatable bonds is 6. The molecule has 1 aliphatic rings. The van der Waals surface area contributed by atoms with E-state index in [2.05, 4.69) is 34.4 Å². The Labute approximate surface area is 163 Å². The Hall–Kier alpha value is -2.47. The number of aryl methyl sites for hydroxylation is 1. The van der Waals surface area contributed by atoms with Crippen molar-refractivity contribution in [3.05, 3.63) is 59.5 Å². The minimum atomic E-state index is 0.492. The average Bonchev–Trinajstić information content (AvgIpc) is 3.20. The van der Waals surface area contributed by atoms with E-state index in [0.717, 1.165) is 5.56 Å². The van der Waals surface area contributed by atoms with Gasteiger partial charge in [-0.25, -0.2) is 0 Å². The molecule has 6 heteroatoms. The molecule has 140 valence electrons. The summed E-state index contributed by atoms with van der Waals surface area (Å²) in [6.45, 7) is 0. The third-order valence-corrected chi connectivity index (χ3v) is 6.14. The average molecular weight is 382 g/mol. The summed E-state index contributed by atoms with van der Waals surface area (Å²) >= 11 is 1.87. The first-order valence-electron chi connectivity index (χ1n) is 9.03. The molecule has 1 aromatic heterocycles. The van der Waals surface area contributed by atoms with E-state index in [1.807, 2.05) is 30.0 Å². The first-order valence-corrected chi connectivity index (χ1v) is 10.1. The van der Waals surface area contributed by atoms with Crippen molar-refractivity contribution in [2.24, 2.45) is 0 Å². The Balaban J connectivity index is 1.46. The highest BCUT2D eigenvalue weighted by atomic mass is 32.2. The normalized spacial score (nSPS) is 16.0. The van der Waals surface area contributed by atoms with Crippen LogP contribution in [0.4, 0.5) is 0 Å². The SMILES string of the molecule is COc1ccc(-c2noc(CSC3CCCc4ccccc43)n2)cc1OC. The van der Waals surface area contributed by atoms with Crippen molar-refractivity contribution in [1.29, 1.82) is 0 Å². The topological polar surface area (TPSA) is 57.4 Å². The van der Waals surface area contributed by atoms with E-state index in [0.29, 0.717) is 34.2 Å². The zero-order chi connectivity index (χ0) is 18.6. The van der Waals surface area contributed by atoms with Crippen LogP contribution in [0, 0.1) is 0 Å². The van der Waals surface area contributed by atoms with E-state index in [-0.39, 0.29) is 0 Å². The highest BCUT2D eigenvalue weighted by Crippen LogP contribution is 2.41. The fourth-order valence-electron chi connectivity index (χ4n) is 3.46. The Morgan fingerprint density at radius 2 is 1.96 bits per heavy atom. The molecule has 3 aromatic rings. The molecule has 0 N–H and O–H groups in total. The zero-order valence-corrected chi connectivity index (χ0v) is 16.3. The number of fused-ring (bicyclic) bond motifs is 1. The van der Waals surface area contributed by atoms with Gasteiger partial charge in [0.25, 0.3) is 0 Å². The van der Waals surface area contributed by atoms with Gasteiger partial charge in [0.05, 0.1) is 20.0 Å². The van der Waals surface area contributed by atoms with Crippen molar-refractivity contribution in [2.75, 3.05) is 14.2 Å². The number of thioether (sulfide) groups is 1. The van der Waals surface area contributed by atoms with Crippen LogP contribution >= 0.6 is 11.8 Å². The lowest BCUT2D eigenvalue weighted by Crippen LogP contribution is -2.07. The highest BCUT2D eigenvalue weighted by Gasteiger charge is 2.21. The second-order valence-electron chi connectivity index (χ2n) is 6.47. The van der Waals surface area contributed by atoms with E-state index in [1.54, 1.807) is 14.2 Å². The minimum Gasteiger partial charge on any atom is -0.493 e. The zero-order valence-electron chi connectivity index (χ0n) is 15.5. The quantitative estimate of drug-likeness (QED) is 0.594. The summed E-state index contributed by atoms with van der Waals surface area (Å²) in [7, 11) is 3.23. The summed E-state index contributed by atoms with van der Waals surface area (Å²) in [6, 6.07) is 14.3. The predicted molar refractivity (Wildman–Crippen MR) is 106 cm³/mol. The minimum absolute atomic E-state index is 0.492. The third kappa shape index (κ3) is 3.81. The number of nitrogens with zero attached hydrogens (tertiary/aromatic N) is 2. The smallest absolute Gasteiger partial charge is 0.236 e. The van der Waals surface area contributed by atoms with Crippen molar-refractivity contribution < 1.29 is 14.0 Å². The molecule has 0 aliphatic heterocycles. The molecule has 0 fully saturated rings. The largest absolute Gasteiger partial charge is 0.493 e. The maximum atomic E-state index is 5.47. The third-order valence-electron chi connectivity index (χ3n) is 4.83. The molecule has 0 spiro atoms. The van der Waals surface area contributed by atoms with Crippen molar-refractivity contribution in [2.45, 2.75) is 30.3 Å². The van der Waals surface area contributed by atoms with E-state index in [1.165, 1.54) is 30.4 Å². The lowest BCUT2D eigenvalue weighted by molar-refractivity contribution is 0.355. The lowest BCUT2D eigenvalue weighted by Gasteiger charge is -2.24. The van der Waals surface area contributed by atoms with Gasteiger partial charge in [0.1, 0.15) is 0 Å². The predicted octanol–water partition coefficient (Wildman–Crippen LogP) is 5.06. The molecule has 0 amide bonds. The van der Waals surface area contributed by atoms with Crippen LogP contribution in [0.2, 0.25) is 0 Å². The number of aromatic nitrogens is 2. The first kappa shape index (κ1) is 17.9. The maximum Gasteiger partial charge on any atom is 0.236 e. The van der Waals surface area contributed by atoms with Gasteiger partial charge in [-0.15, -0.1) is 11.8 Å². The highest BCUT2D eigenvalue weighted by molar-refractivity contribution is 7.98. The Bertz CT molecular complexity index is 925. The van der Waals surface area contributed by atoms with Crippen LogP contribution in [-0.4, -0.2) is 24.4 Å². The number of hydrogen-bond acceptors (Lipinski definition) is 6. The van der Waals surface area contributed by atoms with Crippen LogP contribution in [0.3, 0.4) is 0 Å². The van der Waals surface area contributed by atoms with Gasteiger partial charge >= 0.3 is 0 Å². The number of methoxy groups -OCH3 is 2. The van der Waals surface area contributed by atoms with Crippen LogP contribution in [-0.2, 0) is 12.2 Å². The Morgan fingerprint density at radius 1 is 1.11 bits per heavy atom. The molecule has 1 unspecified atom stereocenters. The van der Waals surface area contributed by atoms with Crippen LogP contribution < -0.4 is 9.47 Å². The monoisotopic (exact) mass is 382 g/mol. The van der Waals surface area contributed by atoms with Gasteiger partial charge in [0, 0.05) is 10.8 Å². The van der Waals surface area contributed by atoms with Gasteiger partial charge in [0.2, 0.25) is 11.7 Å². The molecule has 0 saturated heterocycles. The van der Waals surface area contributed by atoms with Gasteiger partial charge < -0.3 is 14.0 Å². The van der Waals surface area contributed by atoms with Crippen LogP contribution in [0.25, 0.3) is 11.4 Å². The van der Waals surface area contributed by atoms with E-state index in [9.17, 15) is 0 Å². The molecular formula is C21H22N2O3S. The molecular weight excluding hydrogens is 360 g/mol. The molecule has 1 aliphatic carbocycles. The molecule has 0 radical (unpaired) electrons. The summed E-state index contributed by atoms with van der Waals surface area (Å²) < 4.78 is 16.1. The fourth-order valence-corrected chi connectivity index (χ4v) is 4.66. The maximum absolute atomic E-state index is 5.47. The standard InChI is InChI=1S/C21H22N2O3S/c1-24-17-11-10-15(12-18(17)25-2)21-22-20(26-23-21)13-27-19-9-5-7-14-6-3-4-8-16(14)19/h3-4,6,8,10-12,19H,5,7,9,13H2,1-2H3. The number of hydrogen-bond donors (Lipinski definition) is 0. The Kier molecular flexibility index (Phi) is 5.34. The molecule has 0 bridgehead atoms. The molecule has 0 saturated carbocycles. The fraction of sp³-hybridized carbons (Fsp3) is 0.333. The second kappa shape index (κ2) is 8.05. The summed E-state index contributed by atoms with van der Waals surface area (Å²) in [4.78, 5) is 4.56. The van der Waals surface area contributed by atoms with Gasteiger partial charge in [-0.2, -0.15) is 4.98 Å². The van der Waals surface area contributed by atoms with Crippen LogP contribution in [0.5, 0.6) is 11.5 Å². The van der Waals surface area contributed by atoms with Gasteiger partial charge in [-0.3, -0.25) is 0 Å². The second-order valence-corrected chi connectivity index (χ2v) is 7.66. The molecule has 2 aromatic carbocycles. The molecule has 4 rings (SSSR count). The van der Waals surface area contributed by atoms with E-state index >= 15 is 0 Å². The molecule has 1 atom stereocenters. The van der Waals surface area contributed by atoms with Gasteiger partial charge in [-0.1, -0.05) is 29.4 Å². The van der Waals surface area contributed by atoms with Crippen molar-refractivity contribution >= 4 is 11.8 Å². The van der Waals surface area contributed by atoms with Crippen molar-refractivity contribution in [1.82, 2.24) is 10.1 Å². The van der Waals surface area contributed by atoms with Crippen LogP contribution in [0.15, 0.2) is 47.0 Å². The molecule has 5 nitrogen and oxygen atoms in total. The van der Waals surface area contributed by atoms with Crippen molar-refractivity contribution in [3.63, 3.8) is 0 Å². The van der Waals surface area contributed by atoms with E-state index in [4.69, 9.17) is 14.0 Å². The number of benzene rings is 2.